The Kier molecular flexibility index (Phi) is 52.6. The molecule has 2 fully saturated rings. The summed E-state index contributed by atoms with van der Waals surface area (Å²) in [6.45, 7) is 2.70. The number of nitrogens with one attached hydrogen (secondary N) is 1. The molecule has 0 saturated carbocycles. The standard InChI is InChI=1S/C72H131NO13/c1-3-5-7-9-11-13-15-17-18-19-20-21-22-23-24-25-26-27-28-29-30-31-32-33-34-35-36-37-38-39-40-41-42-44-46-48-50-52-54-56-64(77)73-60(61(76)55-53-51-49-47-45-43-16-14-12-10-8-6-4-2)59-83-71-69(82)67(80)70(63(58-75)85-71)86-72-68(81)66(79)65(78)62(57-74)84-72/h5,7,11,13,17-18,20-21,53,55,60-63,65-72,74-76,78-82H,3-4,6,8-10,12,14-16,19,22-52,54,56-59H2,1-2H3,(H,73,77)/b7-5-,13-11-,18-17-,21-20-,55-53+. The lowest BCUT2D eigenvalue weighted by molar-refractivity contribution is -0.359. The normalized spacial score (nSPS) is 23.7. The molecule has 14 nitrogen and oxygen atoms in total. The van der Waals surface area contributed by atoms with Gasteiger partial charge < -0.3 is 65.1 Å². The van der Waals surface area contributed by atoms with Gasteiger partial charge in [0.15, 0.2) is 12.6 Å². The van der Waals surface area contributed by atoms with Crippen LogP contribution in [0.4, 0.5) is 0 Å². The van der Waals surface area contributed by atoms with Crippen LogP contribution in [0.5, 0.6) is 0 Å². The van der Waals surface area contributed by atoms with Crippen molar-refractivity contribution in [1.82, 2.24) is 5.32 Å². The number of carbonyl (C=O) groups excluding carboxylic acids is 1. The van der Waals surface area contributed by atoms with Crippen LogP contribution in [0.1, 0.15) is 296 Å². The topological polar surface area (TPSA) is 228 Å². The Morgan fingerprint density at radius 2 is 0.802 bits per heavy atom. The summed E-state index contributed by atoms with van der Waals surface area (Å²) in [5.41, 5.74) is 0. The van der Waals surface area contributed by atoms with Gasteiger partial charge in [-0.05, 0) is 57.8 Å². The fraction of sp³-hybridized carbons (Fsp3) is 0.847. The molecule has 2 saturated heterocycles. The average molecular weight is 1220 g/mol. The summed E-state index contributed by atoms with van der Waals surface area (Å²) in [5, 5.41) is 87.2. The third-order valence-corrected chi connectivity index (χ3v) is 17.2. The molecule has 0 bridgehead atoms. The van der Waals surface area contributed by atoms with Crippen LogP contribution in [-0.2, 0) is 23.7 Å². The zero-order valence-corrected chi connectivity index (χ0v) is 54.6. The van der Waals surface area contributed by atoms with E-state index in [1.54, 1.807) is 6.08 Å². The summed E-state index contributed by atoms with van der Waals surface area (Å²) in [4.78, 5) is 13.3. The summed E-state index contributed by atoms with van der Waals surface area (Å²) < 4.78 is 22.8. The maximum absolute atomic E-state index is 13.3. The van der Waals surface area contributed by atoms with Crippen LogP contribution in [0.3, 0.4) is 0 Å². The fourth-order valence-corrected chi connectivity index (χ4v) is 11.6. The number of hydrogen-bond donors (Lipinski definition) is 9. The maximum Gasteiger partial charge on any atom is 0.220 e. The van der Waals surface area contributed by atoms with Crippen molar-refractivity contribution >= 4 is 5.91 Å². The van der Waals surface area contributed by atoms with Crippen molar-refractivity contribution in [1.29, 1.82) is 0 Å². The highest BCUT2D eigenvalue weighted by atomic mass is 16.7. The lowest BCUT2D eigenvalue weighted by Crippen LogP contribution is -2.65. The lowest BCUT2D eigenvalue weighted by Gasteiger charge is -2.46. The van der Waals surface area contributed by atoms with E-state index < -0.39 is 86.8 Å². The van der Waals surface area contributed by atoms with Crippen molar-refractivity contribution in [2.24, 2.45) is 0 Å². The molecule has 0 aromatic heterocycles. The summed E-state index contributed by atoms with van der Waals surface area (Å²) in [6.07, 6.45) is 58.8. The van der Waals surface area contributed by atoms with Gasteiger partial charge in [0.05, 0.1) is 32.0 Å². The van der Waals surface area contributed by atoms with Gasteiger partial charge in [-0.3, -0.25) is 4.79 Å². The van der Waals surface area contributed by atoms with Crippen LogP contribution in [-0.4, -0.2) is 140 Å². The molecule has 0 aromatic carbocycles. The first kappa shape index (κ1) is 79.8. The van der Waals surface area contributed by atoms with Crippen molar-refractivity contribution in [2.45, 2.75) is 370 Å². The second-order valence-corrected chi connectivity index (χ2v) is 25.0. The molecule has 0 aliphatic carbocycles. The highest BCUT2D eigenvalue weighted by molar-refractivity contribution is 5.76. The molecule has 14 heteroatoms. The Balaban J connectivity index is 1.55. The quantitative estimate of drug-likeness (QED) is 0.0204. The van der Waals surface area contributed by atoms with Crippen molar-refractivity contribution in [3.05, 3.63) is 60.8 Å². The van der Waals surface area contributed by atoms with Gasteiger partial charge in [-0.15, -0.1) is 0 Å². The molecule has 12 atom stereocenters. The number of allylic oxidation sites excluding steroid dienone is 9. The Hall–Kier alpha value is -2.31. The number of rotatable bonds is 58. The van der Waals surface area contributed by atoms with Gasteiger partial charge >= 0.3 is 0 Å². The zero-order valence-electron chi connectivity index (χ0n) is 54.6. The number of carbonyl (C=O) groups is 1. The number of aliphatic hydroxyl groups is 8. The highest BCUT2D eigenvalue weighted by Crippen LogP contribution is 2.30. The molecule has 2 aliphatic rings. The second kappa shape index (κ2) is 56.7. The Bertz CT molecular complexity index is 1670. The predicted molar refractivity (Wildman–Crippen MR) is 350 cm³/mol. The first-order valence-electron chi connectivity index (χ1n) is 35.5. The molecular formula is C72H131NO13. The minimum absolute atomic E-state index is 0.235. The van der Waals surface area contributed by atoms with Crippen molar-refractivity contribution < 1.29 is 64.6 Å². The first-order valence-corrected chi connectivity index (χ1v) is 35.5. The Morgan fingerprint density at radius 3 is 1.23 bits per heavy atom. The van der Waals surface area contributed by atoms with Crippen molar-refractivity contribution in [2.75, 3.05) is 19.8 Å². The number of aliphatic hydroxyl groups excluding tert-OH is 8. The molecule has 86 heavy (non-hydrogen) atoms. The molecular weight excluding hydrogens is 1090 g/mol. The lowest BCUT2D eigenvalue weighted by atomic mass is 9.97. The summed E-state index contributed by atoms with van der Waals surface area (Å²) in [7, 11) is 0. The molecule has 2 rings (SSSR count). The summed E-state index contributed by atoms with van der Waals surface area (Å²) >= 11 is 0. The summed E-state index contributed by atoms with van der Waals surface area (Å²) in [5.74, 6) is -0.235. The van der Waals surface area contributed by atoms with Crippen LogP contribution >= 0.6 is 0 Å². The highest BCUT2D eigenvalue weighted by Gasteiger charge is 2.51. The van der Waals surface area contributed by atoms with Gasteiger partial charge in [0.25, 0.3) is 0 Å². The number of ether oxygens (including phenoxy) is 4. The van der Waals surface area contributed by atoms with Crippen LogP contribution in [0.15, 0.2) is 60.8 Å². The molecule has 9 N–H and O–H groups in total. The van der Waals surface area contributed by atoms with Gasteiger partial charge in [-0.1, -0.05) is 293 Å². The van der Waals surface area contributed by atoms with Gasteiger partial charge in [0.1, 0.15) is 48.8 Å². The molecule has 12 unspecified atom stereocenters. The summed E-state index contributed by atoms with van der Waals surface area (Å²) in [6, 6.07) is -0.913. The molecule has 0 aromatic rings. The third kappa shape index (κ3) is 40.4. The largest absolute Gasteiger partial charge is 0.394 e. The Labute approximate surface area is 524 Å². The maximum atomic E-state index is 13.3. The molecule has 1 amide bonds. The first-order chi connectivity index (χ1) is 42.1. The number of amides is 1. The molecule has 0 spiro atoms. The molecule has 0 radical (unpaired) electrons. The molecule has 2 heterocycles. The number of hydrogen-bond acceptors (Lipinski definition) is 13. The van der Waals surface area contributed by atoms with Crippen LogP contribution in [0.2, 0.25) is 0 Å². The molecule has 502 valence electrons. The van der Waals surface area contributed by atoms with Crippen LogP contribution in [0, 0.1) is 0 Å². The minimum atomic E-state index is -1.79. The third-order valence-electron chi connectivity index (χ3n) is 17.2. The monoisotopic (exact) mass is 1220 g/mol. The Morgan fingerprint density at radius 1 is 0.430 bits per heavy atom. The minimum Gasteiger partial charge on any atom is -0.394 e. The van der Waals surface area contributed by atoms with E-state index in [1.165, 1.54) is 205 Å². The van der Waals surface area contributed by atoms with E-state index in [-0.39, 0.29) is 18.9 Å². The van der Waals surface area contributed by atoms with Gasteiger partial charge in [0.2, 0.25) is 5.91 Å². The van der Waals surface area contributed by atoms with E-state index in [4.69, 9.17) is 18.9 Å². The number of unbranched alkanes of at least 4 members (excludes halogenated alkanes) is 37. The van der Waals surface area contributed by atoms with E-state index in [1.807, 2.05) is 6.08 Å². The second-order valence-electron chi connectivity index (χ2n) is 25.0. The van der Waals surface area contributed by atoms with Crippen molar-refractivity contribution in [3.63, 3.8) is 0 Å². The SMILES string of the molecule is CC/C=C\C/C=C\C/C=C\C/C=C\CCCCCCCCCCCCCCCCCCCCCCCCCCCCC(=O)NC(COC1OC(CO)C(OC2OC(CO)C(O)C(O)C2O)C(O)C1O)C(O)/C=C/CCCCCCCCCCCCC. The van der Waals surface area contributed by atoms with Gasteiger partial charge in [-0.25, -0.2) is 0 Å². The smallest absolute Gasteiger partial charge is 0.220 e. The van der Waals surface area contributed by atoms with Crippen LogP contribution in [0.25, 0.3) is 0 Å². The van der Waals surface area contributed by atoms with Gasteiger partial charge in [0, 0.05) is 6.42 Å². The van der Waals surface area contributed by atoms with Crippen LogP contribution < -0.4 is 5.32 Å². The predicted octanol–water partition coefficient (Wildman–Crippen LogP) is 14.5. The average Bonchev–Trinajstić information content (AvgIpc) is 2.76. The van der Waals surface area contributed by atoms with E-state index >= 15 is 0 Å². The van der Waals surface area contributed by atoms with E-state index in [0.717, 1.165) is 64.2 Å². The fourth-order valence-electron chi connectivity index (χ4n) is 11.6. The van der Waals surface area contributed by atoms with E-state index in [0.29, 0.717) is 6.42 Å². The van der Waals surface area contributed by atoms with Crippen molar-refractivity contribution in [3.8, 4) is 0 Å². The molecule has 2 aliphatic heterocycles. The van der Waals surface area contributed by atoms with E-state index in [2.05, 4.69) is 67.8 Å². The van der Waals surface area contributed by atoms with E-state index in [9.17, 15) is 45.6 Å². The van der Waals surface area contributed by atoms with Gasteiger partial charge in [-0.2, -0.15) is 0 Å². The zero-order chi connectivity index (χ0) is 62.3.